The van der Waals surface area contributed by atoms with Gasteiger partial charge in [-0.1, -0.05) is 19.9 Å². The second-order valence-electron chi connectivity index (χ2n) is 4.34. The molecule has 0 radical (unpaired) electrons. The van der Waals surface area contributed by atoms with Crippen molar-refractivity contribution in [1.82, 2.24) is 0 Å². The molecule has 0 saturated heterocycles. The molecule has 0 saturated carbocycles. The van der Waals surface area contributed by atoms with E-state index in [1.54, 1.807) is 0 Å². The summed E-state index contributed by atoms with van der Waals surface area (Å²) in [6, 6.07) is 3.37. The van der Waals surface area contributed by atoms with E-state index in [-0.39, 0.29) is 30.1 Å². The fraction of sp³-hybridized carbons (Fsp3) is 0.385. The van der Waals surface area contributed by atoms with E-state index in [9.17, 15) is 18.4 Å². The van der Waals surface area contributed by atoms with Crippen molar-refractivity contribution in [2.24, 2.45) is 5.92 Å². The highest BCUT2D eigenvalue weighted by molar-refractivity contribution is 6.08. The number of hydrogen-bond donors (Lipinski definition) is 0. The summed E-state index contributed by atoms with van der Waals surface area (Å²) in [6.45, 7) is 3.70. The molecule has 0 N–H and O–H groups in total. The van der Waals surface area contributed by atoms with E-state index in [2.05, 4.69) is 0 Å². The van der Waals surface area contributed by atoms with E-state index in [1.165, 1.54) is 12.1 Å². The number of Topliss-reactive ketones (excluding diaryl/α,β-unsaturated/α-hetero) is 2. The lowest BCUT2D eigenvalue weighted by molar-refractivity contribution is -0.118. The predicted octanol–water partition coefficient (Wildman–Crippen LogP) is 3.15. The number of carbonyl (C=O) groups is 2. The van der Waals surface area contributed by atoms with Crippen LogP contribution in [-0.4, -0.2) is 11.6 Å². The Morgan fingerprint density at radius 1 is 1.24 bits per heavy atom. The minimum Gasteiger partial charge on any atom is -0.299 e. The lowest BCUT2D eigenvalue weighted by Crippen LogP contribution is -2.12. The summed E-state index contributed by atoms with van der Waals surface area (Å²) < 4.78 is 26.1. The Labute approximate surface area is 98.6 Å². The van der Waals surface area contributed by atoms with E-state index < -0.39 is 17.4 Å². The van der Waals surface area contributed by atoms with Crippen LogP contribution < -0.4 is 0 Å². The molecule has 0 heterocycles. The van der Waals surface area contributed by atoms with E-state index >= 15 is 0 Å². The van der Waals surface area contributed by atoms with Gasteiger partial charge in [0, 0.05) is 6.42 Å². The third-order valence-corrected chi connectivity index (χ3v) is 2.25. The number of carbonyl (C=O) groups excluding carboxylic acids is 2. The second kappa shape index (κ2) is 5.66. The minimum atomic E-state index is -1.19. The number of benzene rings is 1. The molecular formula is C13H14F2O2. The Hall–Kier alpha value is -1.58. The van der Waals surface area contributed by atoms with Crippen molar-refractivity contribution < 1.29 is 18.4 Å². The smallest absolute Gasteiger partial charge is 0.173 e. The normalized spacial score (nSPS) is 10.6. The van der Waals surface area contributed by atoms with Gasteiger partial charge in [0.25, 0.3) is 0 Å². The van der Waals surface area contributed by atoms with E-state index in [0.29, 0.717) is 0 Å². The van der Waals surface area contributed by atoms with Gasteiger partial charge in [-0.15, -0.1) is 0 Å². The molecule has 0 aliphatic heterocycles. The van der Waals surface area contributed by atoms with Crippen molar-refractivity contribution >= 4 is 11.6 Å². The fourth-order valence-electron chi connectivity index (χ4n) is 1.52. The molecule has 0 amide bonds. The molecule has 2 nitrogen and oxygen atoms in total. The van der Waals surface area contributed by atoms with Crippen LogP contribution in [0, 0.1) is 17.6 Å². The summed E-state index contributed by atoms with van der Waals surface area (Å²) in [6.07, 6.45) is -0.110. The molecular weight excluding hydrogens is 226 g/mol. The first kappa shape index (κ1) is 13.5. The van der Waals surface area contributed by atoms with Crippen molar-refractivity contribution in [3.05, 3.63) is 35.4 Å². The summed E-state index contributed by atoms with van der Waals surface area (Å²) in [5.41, 5.74) is -0.359. The van der Waals surface area contributed by atoms with Crippen LogP contribution in [0.15, 0.2) is 18.2 Å². The van der Waals surface area contributed by atoms with Gasteiger partial charge in [-0.3, -0.25) is 9.59 Å². The maximum atomic E-state index is 13.3. The molecule has 0 bridgehead atoms. The monoisotopic (exact) mass is 240 g/mol. The topological polar surface area (TPSA) is 34.1 Å². The molecule has 0 atom stereocenters. The predicted molar refractivity (Wildman–Crippen MR) is 59.8 cm³/mol. The van der Waals surface area contributed by atoms with E-state index in [0.717, 1.165) is 6.07 Å². The number of rotatable bonds is 5. The summed E-state index contributed by atoms with van der Waals surface area (Å²) in [5, 5.41) is 0. The molecule has 4 heteroatoms. The van der Waals surface area contributed by atoms with Crippen LogP contribution in [0.3, 0.4) is 0 Å². The zero-order valence-electron chi connectivity index (χ0n) is 9.80. The van der Waals surface area contributed by atoms with Gasteiger partial charge in [0.2, 0.25) is 0 Å². The van der Waals surface area contributed by atoms with Gasteiger partial charge >= 0.3 is 0 Å². The maximum Gasteiger partial charge on any atom is 0.173 e. The first-order valence-corrected chi connectivity index (χ1v) is 5.40. The third kappa shape index (κ3) is 3.73. The lowest BCUT2D eigenvalue weighted by atomic mass is 10.00. The number of ketones is 2. The Kier molecular flexibility index (Phi) is 4.49. The van der Waals surface area contributed by atoms with Crippen molar-refractivity contribution in [3.63, 3.8) is 0 Å². The number of halogens is 2. The summed E-state index contributed by atoms with van der Waals surface area (Å²) in [5.74, 6) is -3.05. The lowest BCUT2D eigenvalue weighted by Gasteiger charge is -2.04. The SMILES string of the molecule is CC(C)CC(=O)CC(=O)c1cccc(F)c1F. The Balaban J connectivity index is 2.77. The molecule has 0 unspecified atom stereocenters. The summed E-state index contributed by atoms with van der Waals surface area (Å²) >= 11 is 0. The molecule has 0 aliphatic rings. The van der Waals surface area contributed by atoms with Crippen LogP contribution in [0.2, 0.25) is 0 Å². The molecule has 1 rings (SSSR count). The number of hydrogen-bond acceptors (Lipinski definition) is 2. The van der Waals surface area contributed by atoms with Crippen molar-refractivity contribution in [2.45, 2.75) is 26.7 Å². The van der Waals surface area contributed by atoms with Gasteiger partial charge in [0.1, 0.15) is 5.78 Å². The van der Waals surface area contributed by atoms with Gasteiger partial charge in [0.15, 0.2) is 17.4 Å². The highest BCUT2D eigenvalue weighted by Gasteiger charge is 2.18. The zero-order chi connectivity index (χ0) is 13.0. The van der Waals surface area contributed by atoms with Crippen molar-refractivity contribution in [3.8, 4) is 0 Å². The molecule has 0 spiro atoms. The van der Waals surface area contributed by atoms with Crippen LogP contribution in [-0.2, 0) is 4.79 Å². The Morgan fingerprint density at radius 2 is 1.88 bits per heavy atom. The molecule has 0 aliphatic carbocycles. The summed E-state index contributed by atoms with van der Waals surface area (Å²) in [7, 11) is 0. The fourth-order valence-corrected chi connectivity index (χ4v) is 1.52. The van der Waals surface area contributed by atoms with Crippen LogP contribution in [0.25, 0.3) is 0 Å². The van der Waals surface area contributed by atoms with E-state index in [4.69, 9.17) is 0 Å². The quantitative estimate of drug-likeness (QED) is 0.585. The average Bonchev–Trinajstić information content (AvgIpc) is 2.20. The van der Waals surface area contributed by atoms with Crippen LogP contribution in [0.5, 0.6) is 0 Å². The van der Waals surface area contributed by atoms with Gasteiger partial charge < -0.3 is 0 Å². The van der Waals surface area contributed by atoms with Crippen LogP contribution in [0.1, 0.15) is 37.0 Å². The van der Waals surface area contributed by atoms with Crippen LogP contribution >= 0.6 is 0 Å². The van der Waals surface area contributed by atoms with E-state index in [1.807, 2.05) is 13.8 Å². The standard InChI is InChI=1S/C13H14F2O2/c1-8(2)6-9(16)7-12(17)10-4-3-5-11(14)13(10)15/h3-5,8H,6-7H2,1-2H3. The Bertz CT molecular complexity index is 439. The molecule has 1 aromatic rings. The molecule has 0 fully saturated rings. The maximum absolute atomic E-state index is 13.3. The molecule has 0 aromatic heterocycles. The third-order valence-electron chi connectivity index (χ3n) is 2.25. The zero-order valence-corrected chi connectivity index (χ0v) is 9.80. The molecule has 1 aromatic carbocycles. The van der Waals surface area contributed by atoms with Gasteiger partial charge in [-0.25, -0.2) is 8.78 Å². The highest BCUT2D eigenvalue weighted by atomic mass is 19.2. The minimum absolute atomic E-state index is 0.146. The van der Waals surface area contributed by atoms with Crippen LogP contribution in [0.4, 0.5) is 8.78 Å². The molecule has 17 heavy (non-hydrogen) atoms. The molecule has 92 valence electrons. The largest absolute Gasteiger partial charge is 0.299 e. The van der Waals surface area contributed by atoms with Crippen molar-refractivity contribution in [2.75, 3.05) is 0 Å². The first-order valence-electron chi connectivity index (χ1n) is 5.40. The second-order valence-corrected chi connectivity index (χ2v) is 4.34. The van der Waals surface area contributed by atoms with Crippen molar-refractivity contribution in [1.29, 1.82) is 0 Å². The van der Waals surface area contributed by atoms with Gasteiger partial charge in [-0.05, 0) is 18.1 Å². The first-order chi connectivity index (χ1) is 7.91. The Morgan fingerprint density at radius 3 is 2.47 bits per heavy atom. The summed E-state index contributed by atoms with van der Waals surface area (Å²) in [4.78, 5) is 23.0. The van der Waals surface area contributed by atoms with Gasteiger partial charge in [0.05, 0.1) is 12.0 Å². The average molecular weight is 240 g/mol. The highest BCUT2D eigenvalue weighted by Crippen LogP contribution is 2.14. The van der Waals surface area contributed by atoms with Gasteiger partial charge in [-0.2, -0.15) is 0 Å².